The third-order valence-corrected chi connectivity index (χ3v) is 15.9. The van der Waals surface area contributed by atoms with Crippen LogP contribution in [0.15, 0.2) is 75.0 Å². The van der Waals surface area contributed by atoms with Crippen molar-refractivity contribution in [2.45, 2.75) is 76.6 Å². The first-order chi connectivity index (χ1) is 31.1. The predicted molar refractivity (Wildman–Crippen MR) is 235 cm³/mol. The molecule has 1 saturated heterocycles. The van der Waals surface area contributed by atoms with Crippen molar-refractivity contribution in [1.29, 1.82) is 0 Å². The highest BCUT2D eigenvalue weighted by atomic mass is 32.2. The number of aromatic nitrogens is 7. The molecule has 3 aliphatic heterocycles. The topological polar surface area (TPSA) is 175 Å². The Kier molecular flexibility index (Phi) is 9.14. The fraction of sp³-hybridized carbons (Fsp3) is 0.370. The van der Waals surface area contributed by atoms with Gasteiger partial charge in [-0.2, -0.15) is 5.10 Å². The van der Waals surface area contributed by atoms with E-state index in [2.05, 4.69) is 22.3 Å². The summed E-state index contributed by atoms with van der Waals surface area (Å²) in [5.74, 6) is -1.87. The number of aryl methyl sites for hydroxylation is 2. The number of nitrogens with one attached hydrogen (secondary N) is 1. The molecule has 19 heteroatoms. The van der Waals surface area contributed by atoms with Crippen molar-refractivity contribution in [2.24, 2.45) is 5.92 Å². The first kappa shape index (κ1) is 41.1. The molecule has 4 aliphatic rings. The van der Waals surface area contributed by atoms with Gasteiger partial charge in [-0.1, -0.05) is 18.1 Å². The Morgan fingerprint density at radius 3 is 2.34 bits per heavy atom. The highest BCUT2D eigenvalue weighted by Gasteiger charge is 2.59. The van der Waals surface area contributed by atoms with E-state index in [0.29, 0.717) is 71.6 Å². The molecule has 1 saturated carbocycles. The van der Waals surface area contributed by atoms with E-state index in [9.17, 15) is 18.0 Å². The van der Waals surface area contributed by atoms with Gasteiger partial charge in [0.15, 0.2) is 11.6 Å². The molecule has 0 bridgehead atoms. The molecular weight excluding hydrogens is 861 g/mol. The van der Waals surface area contributed by atoms with E-state index in [4.69, 9.17) is 14.4 Å². The summed E-state index contributed by atoms with van der Waals surface area (Å²) in [5.41, 5.74) is 3.16. The van der Waals surface area contributed by atoms with Crippen LogP contribution in [0.4, 0.5) is 14.5 Å². The Labute approximate surface area is 370 Å². The monoisotopic (exact) mass is 905 g/mol. The molecule has 0 radical (unpaired) electrons. The van der Waals surface area contributed by atoms with Gasteiger partial charge in [-0.3, -0.25) is 27.7 Å². The van der Waals surface area contributed by atoms with Crippen molar-refractivity contribution in [3.63, 3.8) is 0 Å². The number of nitrogens with zero attached hydrogens (tertiary/aromatic N) is 8. The number of carbonyl (C=O) groups is 1. The van der Waals surface area contributed by atoms with Gasteiger partial charge in [-0.05, 0) is 111 Å². The second kappa shape index (κ2) is 14.5. The molecule has 0 spiro atoms. The standard InChI is InChI=1S/C46H45F2N9O7S/c1-24-18-31(19-25(2)39(24)47)57-41(55-15-14-54(45(55)60)36-9-8-35-32(40(36)48)23-65(61,62)52(35)5)38-27(4)53(13-10-33(38)50-57)42(58)37-21-30-20-29(28-11-16-63-17-12-28)6-7-34(30)56(37)46(22-26(46)3)43-49-44(59)64-51-43/h6-9,14-15,18-21,26-28H,10-13,16-17,22-23H2,1-5H3,(H,49,51,59). The molecule has 7 heterocycles. The van der Waals surface area contributed by atoms with E-state index in [-0.39, 0.29) is 46.9 Å². The lowest BCUT2D eigenvalue weighted by molar-refractivity contribution is 0.0663. The van der Waals surface area contributed by atoms with Crippen molar-refractivity contribution >= 4 is 32.5 Å². The second-order valence-electron chi connectivity index (χ2n) is 17.9. The average Bonchev–Trinajstić information content (AvgIpc) is 3.86. The van der Waals surface area contributed by atoms with Crippen LogP contribution in [-0.4, -0.2) is 79.7 Å². The number of rotatable bonds is 7. The normalized spacial score (nSPS) is 21.6. The lowest BCUT2D eigenvalue weighted by Gasteiger charge is -2.34. The van der Waals surface area contributed by atoms with Gasteiger partial charge < -0.3 is 14.2 Å². The first-order valence-corrected chi connectivity index (χ1v) is 23.3. The minimum atomic E-state index is -3.78. The molecule has 3 atom stereocenters. The number of hydrogen-bond acceptors (Lipinski definition) is 9. The number of H-pyrrole nitrogens is 1. The van der Waals surface area contributed by atoms with E-state index in [0.717, 1.165) is 38.2 Å². The zero-order valence-electron chi connectivity index (χ0n) is 36.3. The zero-order chi connectivity index (χ0) is 45.4. The van der Waals surface area contributed by atoms with E-state index in [1.807, 2.05) is 30.5 Å². The SMILES string of the molecule is Cc1cc(-n2nc3c(c2-n2ccn(-c4ccc5c(c4F)CS(=O)(=O)N5C)c2=O)C(C)N(C(=O)c2cc4cc(C5CCOCC5)ccc4n2C2(c4noc(=O)[nH]4)CC2C)CC3)cc(C)c1F. The largest absolute Gasteiger partial charge is 0.438 e. The summed E-state index contributed by atoms with van der Waals surface area (Å²) in [7, 11) is -2.42. The number of halogens is 2. The molecule has 1 aliphatic carbocycles. The number of anilines is 1. The highest BCUT2D eigenvalue weighted by Crippen LogP contribution is 2.56. The Balaban J connectivity index is 1.06. The molecule has 7 aromatic rings. The molecular formula is C46H45F2N9O7S. The van der Waals surface area contributed by atoms with E-state index < -0.39 is 44.6 Å². The molecule has 16 nitrogen and oxygen atoms in total. The lowest BCUT2D eigenvalue weighted by Crippen LogP contribution is -2.41. The van der Waals surface area contributed by atoms with Gasteiger partial charge in [0.2, 0.25) is 10.0 Å². The first-order valence-electron chi connectivity index (χ1n) is 21.7. The Hall–Kier alpha value is -6.60. The summed E-state index contributed by atoms with van der Waals surface area (Å²) in [6.45, 7) is 8.80. The molecule has 2 fully saturated rings. The molecule has 336 valence electrons. The van der Waals surface area contributed by atoms with Crippen LogP contribution in [0.25, 0.3) is 28.1 Å². The van der Waals surface area contributed by atoms with Crippen LogP contribution in [0.5, 0.6) is 0 Å². The maximum Gasteiger partial charge on any atom is 0.438 e. The smallest absolute Gasteiger partial charge is 0.381 e. The molecule has 11 rings (SSSR count). The number of benzene rings is 3. The van der Waals surface area contributed by atoms with Gasteiger partial charge in [0.25, 0.3) is 5.91 Å². The van der Waals surface area contributed by atoms with Crippen LogP contribution in [-0.2, 0) is 32.5 Å². The highest BCUT2D eigenvalue weighted by molar-refractivity contribution is 7.92. The molecule has 1 amide bonds. The number of sulfonamides is 1. The number of imidazole rings is 1. The fourth-order valence-electron chi connectivity index (χ4n) is 10.6. The Morgan fingerprint density at radius 1 is 0.938 bits per heavy atom. The fourth-order valence-corrected chi connectivity index (χ4v) is 11.9. The third-order valence-electron chi connectivity index (χ3n) is 14.2. The maximum absolute atomic E-state index is 16.3. The van der Waals surface area contributed by atoms with Crippen LogP contribution in [0.2, 0.25) is 0 Å². The summed E-state index contributed by atoms with van der Waals surface area (Å²) in [5, 5.41) is 10.0. The van der Waals surface area contributed by atoms with Crippen molar-refractivity contribution in [1.82, 2.24) is 38.5 Å². The summed E-state index contributed by atoms with van der Waals surface area (Å²) < 4.78 is 74.5. The van der Waals surface area contributed by atoms with Crippen LogP contribution < -0.4 is 15.8 Å². The number of fused-ring (bicyclic) bond motifs is 3. The van der Waals surface area contributed by atoms with Gasteiger partial charge in [0.1, 0.15) is 22.9 Å². The van der Waals surface area contributed by atoms with Crippen LogP contribution in [0.3, 0.4) is 0 Å². The quantitative estimate of drug-likeness (QED) is 0.200. The Bertz CT molecular complexity index is 3370. The van der Waals surface area contributed by atoms with Crippen molar-refractivity contribution in [3.8, 4) is 17.2 Å². The zero-order valence-corrected chi connectivity index (χ0v) is 37.1. The molecule has 3 aromatic carbocycles. The minimum Gasteiger partial charge on any atom is -0.381 e. The average molecular weight is 906 g/mol. The summed E-state index contributed by atoms with van der Waals surface area (Å²) in [4.78, 5) is 47.1. The minimum absolute atomic E-state index is 0.0184. The number of hydrogen-bond donors (Lipinski definition) is 1. The van der Waals surface area contributed by atoms with Gasteiger partial charge >= 0.3 is 11.4 Å². The van der Waals surface area contributed by atoms with Gasteiger partial charge in [0, 0.05) is 67.7 Å². The molecule has 4 aromatic heterocycles. The van der Waals surface area contributed by atoms with Crippen molar-refractivity contribution < 1.29 is 31.3 Å². The van der Waals surface area contributed by atoms with Gasteiger partial charge in [-0.15, -0.1) is 0 Å². The van der Waals surface area contributed by atoms with E-state index in [1.54, 1.807) is 35.6 Å². The summed E-state index contributed by atoms with van der Waals surface area (Å²) in [6, 6.07) is 13.6. The number of amides is 1. The molecule has 1 N–H and O–H groups in total. The molecule has 3 unspecified atom stereocenters. The van der Waals surface area contributed by atoms with E-state index in [1.165, 1.54) is 36.1 Å². The maximum atomic E-state index is 16.3. The van der Waals surface area contributed by atoms with Gasteiger partial charge in [-0.25, -0.2) is 31.5 Å². The van der Waals surface area contributed by atoms with Crippen molar-refractivity contribution in [3.05, 3.63) is 139 Å². The summed E-state index contributed by atoms with van der Waals surface area (Å²) >= 11 is 0. The van der Waals surface area contributed by atoms with Gasteiger partial charge in [0.05, 0.1) is 34.6 Å². The van der Waals surface area contributed by atoms with Crippen LogP contribution in [0, 0.1) is 31.4 Å². The second-order valence-corrected chi connectivity index (χ2v) is 19.9. The number of carbonyl (C=O) groups excluding carboxylic acids is 1. The third kappa shape index (κ3) is 6.07. The van der Waals surface area contributed by atoms with Crippen molar-refractivity contribution in [2.75, 3.05) is 31.1 Å². The lowest BCUT2D eigenvalue weighted by atomic mass is 9.91. The van der Waals surface area contributed by atoms with Crippen LogP contribution in [0.1, 0.15) is 94.9 Å². The van der Waals surface area contributed by atoms with Crippen LogP contribution >= 0.6 is 0 Å². The molecule has 65 heavy (non-hydrogen) atoms. The Morgan fingerprint density at radius 2 is 1.65 bits per heavy atom. The van der Waals surface area contributed by atoms with E-state index >= 15 is 13.6 Å². The number of aromatic amines is 1. The predicted octanol–water partition coefficient (Wildman–Crippen LogP) is 6.06. The summed E-state index contributed by atoms with van der Waals surface area (Å²) in [6.07, 6.45) is 5.54. The number of ether oxygens (including phenoxy) is 1.